The number of aromatic nitrogens is 1. The van der Waals surface area contributed by atoms with E-state index in [4.69, 9.17) is 16.3 Å². The molecule has 0 atom stereocenters. The average Bonchev–Trinajstić information content (AvgIpc) is 2.99. The second kappa shape index (κ2) is 8.97. The van der Waals surface area contributed by atoms with Crippen LogP contribution in [0, 0.1) is 20.8 Å². The maximum Gasteiger partial charge on any atom is 0.340 e. The zero-order valence-corrected chi connectivity index (χ0v) is 17.4. The molecular weight excluding hydrogens is 388 g/mol. The van der Waals surface area contributed by atoms with Crippen LogP contribution in [0.5, 0.6) is 0 Å². The first-order valence-electron chi connectivity index (χ1n) is 9.29. The molecule has 5 nitrogen and oxygen atoms in total. The molecule has 0 bridgehead atoms. The molecule has 1 amide bonds. The smallest absolute Gasteiger partial charge is 0.340 e. The molecule has 1 heterocycles. The summed E-state index contributed by atoms with van der Waals surface area (Å²) in [5.74, 6) is -0.889. The number of ether oxygens (including phenoxy) is 1. The van der Waals surface area contributed by atoms with Crippen molar-refractivity contribution in [1.82, 2.24) is 9.88 Å². The molecule has 0 aliphatic rings. The first kappa shape index (κ1) is 20.7. The number of hydrogen-bond acceptors (Lipinski definition) is 3. The van der Waals surface area contributed by atoms with E-state index in [9.17, 15) is 9.59 Å². The Morgan fingerprint density at radius 2 is 1.76 bits per heavy atom. The van der Waals surface area contributed by atoms with Crippen molar-refractivity contribution in [2.75, 3.05) is 6.61 Å². The van der Waals surface area contributed by atoms with Crippen molar-refractivity contribution in [2.45, 2.75) is 27.3 Å². The molecule has 0 aliphatic carbocycles. The lowest BCUT2D eigenvalue weighted by molar-refractivity contribution is -0.124. The molecule has 3 aromatic rings. The van der Waals surface area contributed by atoms with Gasteiger partial charge in [-0.3, -0.25) is 4.79 Å². The van der Waals surface area contributed by atoms with Crippen molar-refractivity contribution in [1.29, 1.82) is 0 Å². The van der Waals surface area contributed by atoms with Gasteiger partial charge < -0.3 is 14.6 Å². The van der Waals surface area contributed by atoms with Crippen LogP contribution in [0.25, 0.3) is 5.69 Å². The quantitative estimate of drug-likeness (QED) is 0.607. The van der Waals surface area contributed by atoms with Crippen molar-refractivity contribution in [2.24, 2.45) is 0 Å². The van der Waals surface area contributed by atoms with E-state index in [-0.39, 0.29) is 12.5 Å². The lowest BCUT2D eigenvalue weighted by Gasteiger charge is -2.10. The van der Waals surface area contributed by atoms with Gasteiger partial charge in [0.1, 0.15) is 0 Å². The molecule has 0 fully saturated rings. The highest BCUT2D eigenvalue weighted by molar-refractivity contribution is 6.30. The van der Waals surface area contributed by atoms with Crippen molar-refractivity contribution < 1.29 is 14.3 Å². The van der Waals surface area contributed by atoms with Gasteiger partial charge in [0.2, 0.25) is 0 Å². The Morgan fingerprint density at radius 3 is 2.45 bits per heavy atom. The summed E-state index contributed by atoms with van der Waals surface area (Å²) in [6.45, 7) is 5.80. The van der Waals surface area contributed by atoms with E-state index in [0.717, 1.165) is 22.6 Å². The van der Waals surface area contributed by atoms with Gasteiger partial charge in [0.05, 0.1) is 5.56 Å². The molecule has 150 valence electrons. The van der Waals surface area contributed by atoms with Crippen LogP contribution in [0.2, 0.25) is 5.02 Å². The highest BCUT2D eigenvalue weighted by atomic mass is 35.5. The minimum atomic E-state index is -0.519. The Morgan fingerprint density at radius 1 is 1.03 bits per heavy atom. The topological polar surface area (TPSA) is 60.3 Å². The summed E-state index contributed by atoms with van der Waals surface area (Å²) in [5.41, 5.74) is 5.16. The molecule has 6 heteroatoms. The number of aryl methyl sites for hydroxylation is 2. The largest absolute Gasteiger partial charge is 0.452 e. The summed E-state index contributed by atoms with van der Waals surface area (Å²) in [7, 11) is 0. The standard InChI is InChI=1S/C23H23ClN2O3/c1-15-7-9-20(10-8-15)26-16(2)11-21(17(26)3)23(28)29-14-22(27)25-13-18-5-4-6-19(24)12-18/h4-12H,13-14H2,1-3H3,(H,25,27). The van der Waals surface area contributed by atoms with Crippen LogP contribution in [-0.2, 0) is 16.1 Å². The number of nitrogens with zero attached hydrogens (tertiary/aromatic N) is 1. The fourth-order valence-corrected chi connectivity index (χ4v) is 3.38. The predicted octanol–water partition coefficient (Wildman–Crippen LogP) is 4.53. The molecule has 29 heavy (non-hydrogen) atoms. The van der Waals surface area contributed by atoms with E-state index in [2.05, 4.69) is 5.32 Å². The number of rotatable bonds is 6. The zero-order chi connectivity index (χ0) is 21.0. The number of carbonyl (C=O) groups excluding carboxylic acids is 2. The summed E-state index contributed by atoms with van der Waals surface area (Å²) < 4.78 is 7.21. The van der Waals surface area contributed by atoms with Gasteiger partial charge in [0, 0.05) is 28.6 Å². The minimum Gasteiger partial charge on any atom is -0.452 e. The molecule has 1 aromatic heterocycles. The highest BCUT2D eigenvalue weighted by Gasteiger charge is 2.18. The van der Waals surface area contributed by atoms with Crippen LogP contribution < -0.4 is 5.32 Å². The van der Waals surface area contributed by atoms with Gasteiger partial charge in [-0.05, 0) is 56.7 Å². The van der Waals surface area contributed by atoms with E-state index < -0.39 is 5.97 Å². The minimum absolute atomic E-state index is 0.318. The molecule has 0 saturated carbocycles. The van der Waals surface area contributed by atoms with Gasteiger partial charge in [0.15, 0.2) is 6.61 Å². The number of nitrogens with one attached hydrogen (secondary N) is 1. The number of esters is 1. The summed E-state index contributed by atoms with van der Waals surface area (Å²) in [6, 6.07) is 17.1. The average molecular weight is 411 g/mol. The number of carbonyl (C=O) groups is 2. The lowest BCUT2D eigenvalue weighted by Crippen LogP contribution is -2.28. The third-order valence-corrected chi connectivity index (χ3v) is 4.89. The van der Waals surface area contributed by atoms with Gasteiger partial charge >= 0.3 is 5.97 Å². The Labute approximate surface area is 175 Å². The van der Waals surface area contributed by atoms with Gasteiger partial charge in [-0.15, -0.1) is 0 Å². The Balaban J connectivity index is 1.61. The van der Waals surface area contributed by atoms with Crippen LogP contribution in [0.1, 0.15) is 32.9 Å². The maximum atomic E-state index is 12.5. The van der Waals surface area contributed by atoms with E-state index in [1.165, 1.54) is 5.56 Å². The van der Waals surface area contributed by atoms with Crippen LogP contribution in [0.4, 0.5) is 0 Å². The summed E-state index contributed by atoms with van der Waals surface area (Å²) in [5, 5.41) is 3.32. The third kappa shape index (κ3) is 5.06. The maximum absolute atomic E-state index is 12.5. The fraction of sp³-hybridized carbons (Fsp3) is 0.217. The Kier molecular flexibility index (Phi) is 6.39. The number of hydrogen-bond donors (Lipinski definition) is 1. The summed E-state index contributed by atoms with van der Waals surface area (Å²) in [6.07, 6.45) is 0. The predicted molar refractivity (Wildman–Crippen MR) is 114 cm³/mol. The van der Waals surface area contributed by atoms with Crippen LogP contribution in [0.3, 0.4) is 0 Å². The first-order valence-corrected chi connectivity index (χ1v) is 9.67. The number of amides is 1. The van der Waals surface area contributed by atoms with Crippen molar-refractivity contribution >= 4 is 23.5 Å². The molecule has 0 radical (unpaired) electrons. The normalized spacial score (nSPS) is 10.6. The molecule has 2 aromatic carbocycles. The van der Waals surface area contributed by atoms with Gasteiger partial charge in [-0.25, -0.2) is 4.79 Å². The van der Waals surface area contributed by atoms with Crippen LogP contribution in [-0.4, -0.2) is 23.1 Å². The molecule has 1 N–H and O–H groups in total. The van der Waals surface area contributed by atoms with Crippen LogP contribution in [0.15, 0.2) is 54.6 Å². The lowest BCUT2D eigenvalue weighted by atomic mass is 10.2. The Bertz CT molecular complexity index is 1040. The molecular formula is C23H23ClN2O3. The SMILES string of the molecule is Cc1ccc(-n2c(C)cc(C(=O)OCC(=O)NCc3cccc(Cl)c3)c2C)cc1. The molecule has 0 unspecified atom stereocenters. The first-order chi connectivity index (χ1) is 13.8. The van der Waals surface area contributed by atoms with Crippen molar-refractivity contribution in [3.05, 3.63) is 87.7 Å². The van der Waals surface area contributed by atoms with Crippen LogP contribution >= 0.6 is 11.6 Å². The van der Waals surface area contributed by atoms with E-state index in [1.807, 2.05) is 61.7 Å². The molecule has 0 saturated heterocycles. The van der Waals surface area contributed by atoms with E-state index >= 15 is 0 Å². The molecule has 3 rings (SSSR count). The second-order valence-corrected chi connectivity index (χ2v) is 7.37. The summed E-state index contributed by atoms with van der Waals surface area (Å²) in [4.78, 5) is 24.5. The van der Waals surface area contributed by atoms with Crippen molar-refractivity contribution in [3.63, 3.8) is 0 Å². The van der Waals surface area contributed by atoms with E-state index in [0.29, 0.717) is 17.1 Å². The number of benzene rings is 2. The third-order valence-electron chi connectivity index (χ3n) is 4.66. The zero-order valence-electron chi connectivity index (χ0n) is 16.7. The Hall–Kier alpha value is -3.05. The molecule has 0 spiro atoms. The van der Waals surface area contributed by atoms with Gasteiger partial charge in [-0.2, -0.15) is 0 Å². The highest BCUT2D eigenvalue weighted by Crippen LogP contribution is 2.22. The second-order valence-electron chi connectivity index (χ2n) is 6.94. The molecule has 0 aliphatic heterocycles. The van der Waals surface area contributed by atoms with Crippen molar-refractivity contribution in [3.8, 4) is 5.69 Å². The fourth-order valence-electron chi connectivity index (χ4n) is 3.17. The van der Waals surface area contributed by atoms with Gasteiger partial charge in [0.25, 0.3) is 5.91 Å². The van der Waals surface area contributed by atoms with E-state index in [1.54, 1.807) is 18.2 Å². The number of halogens is 1. The van der Waals surface area contributed by atoms with Gasteiger partial charge in [-0.1, -0.05) is 41.4 Å². The monoisotopic (exact) mass is 410 g/mol. The summed E-state index contributed by atoms with van der Waals surface area (Å²) >= 11 is 5.93.